The molecule has 0 saturated heterocycles. The van der Waals surface area contributed by atoms with Gasteiger partial charge in [-0.3, -0.25) is 9.67 Å². The van der Waals surface area contributed by atoms with Gasteiger partial charge in [0.25, 0.3) is 0 Å². The van der Waals surface area contributed by atoms with Gasteiger partial charge >= 0.3 is 0 Å². The van der Waals surface area contributed by atoms with Crippen molar-refractivity contribution < 1.29 is 4.74 Å². The molecule has 2 N–H and O–H groups in total. The zero-order valence-electron chi connectivity index (χ0n) is 16.6. The number of ether oxygens (including phenoxy) is 1. The highest BCUT2D eigenvalue weighted by Crippen LogP contribution is 2.21. The first-order valence-electron chi connectivity index (χ1n) is 9.02. The molecule has 3 aromatic rings. The second kappa shape index (κ2) is 8.12. The molecule has 27 heavy (non-hydrogen) atoms. The summed E-state index contributed by atoms with van der Waals surface area (Å²) in [7, 11) is 5.44. The summed E-state index contributed by atoms with van der Waals surface area (Å²) in [5.41, 5.74) is 4.62. The fourth-order valence-corrected chi connectivity index (χ4v) is 3.16. The number of nitrogens with one attached hydrogen (secondary N) is 2. The van der Waals surface area contributed by atoms with Crippen LogP contribution >= 0.6 is 0 Å². The van der Waals surface area contributed by atoms with Crippen molar-refractivity contribution in [1.29, 1.82) is 0 Å². The SMILES string of the molecule is CN=C(NCc1ccc2cc(OC)ccc2c1)NCc1c(C)nn(C)c1C. The van der Waals surface area contributed by atoms with Crippen molar-refractivity contribution in [2.75, 3.05) is 14.2 Å². The van der Waals surface area contributed by atoms with Crippen molar-refractivity contribution in [3.8, 4) is 5.75 Å². The van der Waals surface area contributed by atoms with Gasteiger partial charge in [0, 0.05) is 38.4 Å². The zero-order chi connectivity index (χ0) is 19.4. The van der Waals surface area contributed by atoms with Crippen molar-refractivity contribution >= 4 is 16.7 Å². The van der Waals surface area contributed by atoms with Crippen molar-refractivity contribution in [3.05, 3.63) is 58.9 Å². The lowest BCUT2D eigenvalue weighted by molar-refractivity contribution is 0.415. The molecule has 0 saturated carbocycles. The first-order chi connectivity index (χ1) is 13.0. The minimum Gasteiger partial charge on any atom is -0.497 e. The van der Waals surface area contributed by atoms with Gasteiger partial charge in [0.15, 0.2) is 5.96 Å². The van der Waals surface area contributed by atoms with Crippen LogP contribution in [-0.2, 0) is 20.1 Å². The highest BCUT2D eigenvalue weighted by molar-refractivity contribution is 5.85. The second-order valence-corrected chi connectivity index (χ2v) is 6.60. The fraction of sp³-hybridized carbons (Fsp3) is 0.333. The van der Waals surface area contributed by atoms with Crippen LogP contribution in [0.15, 0.2) is 41.4 Å². The summed E-state index contributed by atoms with van der Waals surface area (Å²) in [6.45, 7) is 5.51. The van der Waals surface area contributed by atoms with E-state index < -0.39 is 0 Å². The molecule has 6 heteroatoms. The molecule has 6 nitrogen and oxygen atoms in total. The Morgan fingerprint density at radius 2 is 1.78 bits per heavy atom. The molecule has 0 aliphatic carbocycles. The van der Waals surface area contributed by atoms with E-state index in [0.29, 0.717) is 13.1 Å². The van der Waals surface area contributed by atoms with Gasteiger partial charge < -0.3 is 15.4 Å². The Morgan fingerprint density at radius 3 is 2.44 bits per heavy atom. The summed E-state index contributed by atoms with van der Waals surface area (Å²) < 4.78 is 7.19. The number of fused-ring (bicyclic) bond motifs is 1. The molecule has 3 rings (SSSR count). The molecule has 0 aliphatic rings. The smallest absolute Gasteiger partial charge is 0.191 e. The Morgan fingerprint density at radius 1 is 1.07 bits per heavy atom. The molecule has 0 amide bonds. The van der Waals surface area contributed by atoms with Gasteiger partial charge in [-0.1, -0.05) is 18.2 Å². The van der Waals surface area contributed by atoms with E-state index in [-0.39, 0.29) is 0 Å². The van der Waals surface area contributed by atoms with Crippen molar-refractivity contribution in [2.45, 2.75) is 26.9 Å². The van der Waals surface area contributed by atoms with E-state index >= 15 is 0 Å². The summed E-state index contributed by atoms with van der Waals surface area (Å²) in [5.74, 6) is 1.64. The summed E-state index contributed by atoms with van der Waals surface area (Å²) in [5, 5.41) is 13.6. The number of hydrogen-bond donors (Lipinski definition) is 2. The van der Waals surface area contributed by atoms with Gasteiger partial charge in [-0.2, -0.15) is 5.10 Å². The quantitative estimate of drug-likeness (QED) is 0.539. The van der Waals surface area contributed by atoms with E-state index in [2.05, 4.69) is 51.9 Å². The van der Waals surface area contributed by atoms with E-state index in [1.807, 2.05) is 30.8 Å². The third-order valence-corrected chi connectivity index (χ3v) is 4.89. The van der Waals surface area contributed by atoms with E-state index in [9.17, 15) is 0 Å². The molecule has 1 heterocycles. The molecule has 0 spiro atoms. The minimum atomic E-state index is 0.697. The Balaban J connectivity index is 1.63. The van der Waals surface area contributed by atoms with Gasteiger partial charge in [0.05, 0.1) is 12.8 Å². The topological polar surface area (TPSA) is 63.5 Å². The molecular weight excluding hydrogens is 338 g/mol. The molecule has 0 aliphatic heterocycles. The Bertz CT molecular complexity index is 974. The standard InChI is InChI=1S/C21H27N5O/c1-14-20(15(2)26(4)25-14)13-24-21(22-3)23-12-16-6-7-18-11-19(27-5)9-8-17(18)10-16/h6-11H,12-13H2,1-5H3,(H2,22,23,24). The number of rotatable bonds is 5. The average Bonchev–Trinajstić information content (AvgIpc) is 2.93. The van der Waals surface area contributed by atoms with Crippen molar-refractivity contribution in [1.82, 2.24) is 20.4 Å². The molecule has 0 radical (unpaired) electrons. The van der Waals surface area contributed by atoms with E-state index in [1.165, 1.54) is 27.6 Å². The molecular formula is C21H27N5O. The molecule has 2 aromatic carbocycles. The number of aliphatic imine (C=N–C) groups is 1. The zero-order valence-corrected chi connectivity index (χ0v) is 16.6. The number of aromatic nitrogens is 2. The van der Waals surface area contributed by atoms with Gasteiger partial charge in [0.2, 0.25) is 0 Å². The molecule has 0 bridgehead atoms. The third kappa shape index (κ3) is 4.22. The maximum absolute atomic E-state index is 5.29. The molecule has 0 atom stereocenters. The fourth-order valence-electron chi connectivity index (χ4n) is 3.16. The average molecular weight is 365 g/mol. The monoisotopic (exact) mass is 365 g/mol. The number of benzene rings is 2. The highest BCUT2D eigenvalue weighted by Gasteiger charge is 2.09. The van der Waals surface area contributed by atoms with Crippen molar-refractivity contribution in [3.63, 3.8) is 0 Å². The number of hydrogen-bond acceptors (Lipinski definition) is 3. The number of nitrogens with zero attached hydrogens (tertiary/aromatic N) is 3. The number of guanidine groups is 1. The number of aryl methyl sites for hydroxylation is 2. The lowest BCUT2D eigenvalue weighted by Gasteiger charge is -2.13. The van der Waals surface area contributed by atoms with E-state index in [1.54, 1.807) is 14.2 Å². The maximum Gasteiger partial charge on any atom is 0.191 e. The van der Waals surface area contributed by atoms with Crippen LogP contribution in [0, 0.1) is 13.8 Å². The van der Waals surface area contributed by atoms with Crippen LogP contribution in [0.4, 0.5) is 0 Å². The van der Waals surface area contributed by atoms with Crippen LogP contribution in [0.1, 0.15) is 22.5 Å². The summed E-state index contributed by atoms with van der Waals surface area (Å²) >= 11 is 0. The van der Waals surface area contributed by atoms with Crippen LogP contribution in [0.25, 0.3) is 10.8 Å². The Hall–Kier alpha value is -3.02. The molecule has 1 aromatic heterocycles. The Kier molecular flexibility index (Phi) is 5.64. The van der Waals surface area contributed by atoms with Crippen LogP contribution in [0.3, 0.4) is 0 Å². The summed E-state index contributed by atoms with van der Waals surface area (Å²) in [6, 6.07) is 12.5. The van der Waals surface area contributed by atoms with Crippen molar-refractivity contribution in [2.24, 2.45) is 12.0 Å². The molecule has 0 unspecified atom stereocenters. The molecule has 142 valence electrons. The predicted molar refractivity (Wildman–Crippen MR) is 110 cm³/mol. The predicted octanol–water partition coefficient (Wildman–Crippen LogP) is 3.06. The van der Waals surface area contributed by atoms with E-state index in [0.717, 1.165) is 17.4 Å². The summed E-state index contributed by atoms with van der Waals surface area (Å²) in [4.78, 5) is 4.32. The van der Waals surface area contributed by atoms with E-state index in [4.69, 9.17) is 4.74 Å². The van der Waals surface area contributed by atoms with Crippen LogP contribution in [0.2, 0.25) is 0 Å². The number of methoxy groups -OCH3 is 1. The van der Waals surface area contributed by atoms with Crippen LogP contribution < -0.4 is 15.4 Å². The highest BCUT2D eigenvalue weighted by atomic mass is 16.5. The maximum atomic E-state index is 5.29. The van der Waals surface area contributed by atoms with Gasteiger partial charge in [0.1, 0.15) is 5.75 Å². The van der Waals surface area contributed by atoms with Gasteiger partial charge in [-0.15, -0.1) is 0 Å². The minimum absolute atomic E-state index is 0.697. The van der Waals surface area contributed by atoms with Crippen LogP contribution in [0.5, 0.6) is 5.75 Å². The second-order valence-electron chi connectivity index (χ2n) is 6.60. The first-order valence-corrected chi connectivity index (χ1v) is 9.02. The van der Waals surface area contributed by atoms with Crippen LogP contribution in [-0.4, -0.2) is 29.9 Å². The third-order valence-electron chi connectivity index (χ3n) is 4.89. The normalized spacial score (nSPS) is 11.7. The van der Waals surface area contributed by atoms with Gasteiger partial charge in [-0.25, -0.2) is 0 Å². The largest absolute Gasteiger partial charge is 0.497 e. The summed E-state index contributed by atoms with van der Waals surface area (Å²) in [6.07, 6.45) is 0. The molecule has 0 fully saturated rings. The lowest BCUT2D eigenvalue weighted by atomic mass is 10.1. The Labute approximate surface area is 160 Å². The lowest BCUT2D eigenvalue weighted by Crippen LogP contribution is -2.36. The first kappa shape index (κ1) is 18.8. The van der Waals surface area contributed by atoms with Gasteiger partial charge in [-0.05, 0) is 48.4 Å².